The van der Waals surface area contributed by atoms with Crippen LogP contribution in [0.15, 0.2) is 21.2 Å². The average molecular weight is 248 g/mol. The Hall–Kier alpha value is -0.320. The summed E-state index contributed by atoms with van der Waals surface area (Å²) in [5, 5.41) is 9.72. The summed E-state index contributed by atoms with van der Waals surface area (Å²) in [5.74, 6) is 0.540. The van der Waals surface area contributed by atoms with Crippen LogP contribution < -0.4 is 5.73 Å². The van der Waals surface area contributed by atoms with Crippen LogP contribution in [0.5, 0.6) is 0 Å². The molecule has 0 saturated carbocycles. The summed E-state index contributed by atoms with van der Waals surface area (Å²) in [6, 6.07) is 1.75. The van der Waals surface area contributed by atoms with Gasteiger partial charge in [0.15, 0.2) is 0 Å². The molecule has 0 spiro atoms. The second-order valence-electron chi connectivity index (χ2n) is 3.84. The lowest BCUT2D eigenvalue weighted by Crippen LogP contribution is -2.33. The van der Waals surface area contributed by atoms with Crippen LogP contribution in [0.3, 0.4) is 0 Å². The molecule has 0 radical (unpaired) electrons. The standard InChI is InChI=1S/C9H14BrNO2/c1-9(2,11)5-7(12)8-6(10)3-4-13-8/h3-4,7,12H,5,11H2,1-2H3. The highest BCUT2D eigenvalue weighted by Gasteiger charge is 2.22. The van der Waals surface area contributed by atoms with Gasteiger partial charge < -0.3 is 15.3 Å². The highest BCUT2D eigenvalue weighted by Crippen LogP contribution is 2.29. The van der Waals surface area contributed by atoms with Crippen LogP contribution in [0.4, 0.5) is 0 Å². The fourth-order valence-corrected chi connectivity index (χ4v) is 1.60. The predicted octanol–water partition coefficient (Wildman–Crippen LogP) is 2.20. The Morgan fingerprint density at radius 3 is 2.69 bits per heavy atom. The Labute approximate surface area is 86.1 Å². The second-order valence-corrected chi connectivity index (χ2v) is 4.70. The molecule has 0 aliphatic rings. The van der Waals surface area contributed by atoms with E-state index in [0.717, 1.165) is 4.47 Å². The Morgan fingerprint density at radius 2 is 2.31 bits per heavy atom. The van der Waals surface area contributed by atoms with Gasteiger partial charge in [-0.05, 0) is 42.3 Å². The maximum absolute atomic E-state index is 9.72. The minimum Gasteiger partial charge on any atom is -0.465 e. The van der Waals surface area contributed by atoms with E-state index in [0.29, 0.717) is 12.2 Å². The van der Waals surface area contributed by atoms with Gasteiger partial charge in [0.2, 0.25) is 0 Å². The normalized spacial score (nSPS) is 14.5. The van der Waals surface area contributed by atoms with Crippen molar-refractivity contribution in [3.8, 4) is 0 Å². The number of halogens is 1. The van der Waals surface area contributed by atoms with Crippen LogP contribution in [0.25, 0.3) is 0 Å². The average Bonchev–Trinajstić information content (AvgIpc) is 2.30. The van der Waals surface area contributed by atoms with Gasteiger partial charge in [-0.1, -0.05) is 0 Å². The number of nitrogens with two attached hydrogens (primary N) is 1. The van der Waals surface area contributed by atoms with Crippen molar-refractivity contribution >= 4 is 15.9 Å². The maximum atomic E-state index is 9.72. The van der Waals surface area contributed by atoms with Crippen molar-refractivity contribution < 1.29 is 9.52 Å². The molecule has 0 amide bonds. The van der Waals surface area contributed by atoms with Gasteiger partial charge in [0.25, 0.3) is 0 Å². The van der Waals surface area contributed by atoms with Crippen LogP contribution in [-0.2, 0) is 0 Å². The van der Waals surface area contributed by atoms with Gasteiger partial charge in [0.1, 0.15) is 11.9 Å². The zero-order valence-electron chi connectivity index (χ0n) is 7.75. The third-order valence-corrected chi connectivity index (χ3v) is 2.32. The molecule has 0 aromatic carbocycles. The summed E-state index contributed by atoms with van der Waals surface area (Å²) >= 11 is 3.28. The first-order valence-corrected chi connectivity index (χ1v) is 4.89. The van der Waals surface area contributed by atoms with Gasteiger partial charge in [-0.15, -0.1) is 0 Å². The molecule has 3 nitrogen and oxygen atoms in total. The Bertz CT molecular complexity index is 277. The summed E-state index contributed by atoms with van der Waals surface area (Å²) in [7, 11) is 0. The Morgan fingerprint density at radius 1 is 1.69 bits per heavy atom. The molecule has 74 valence electrons. The molecule has 1 heterocycles. The summed E-state index contributed by atoms with van der Waals surface area (Å²) in [4.78, 5) is 0. The van der Waals surface area contributed by atoms with Crippen molar-refractivity contribution in [1.29, 1.82) is 0 Å². The van der Waals surface area contributed by atoms with Gasteiger partial charge in [-0.25, -0.2) is 0 Å². The SMILES string of the molecule is CC(C)(N)CC(O)c1occc1Br. The number of hydrogen-bond donors (Lipinski definition) is 2. The van der Waals surface area contributed by atoms with Gasteiger partial charge in [0.05, 0.1) is 10.7 Å². The van der Waals surface area contributed by atoms with E-state index in [9.17, 15) is 5.11 Å². The lowest BCUT2D eigenvalue weighted by Gasteiger charge is -2.21. The molecule has 0 aliphatic heterocycles. The molecular weight excluding hydrogens is 234 g/mol. The molecule has 1 unspecified atom stereocenters. The van der Waals surface area contributed by atoms with Crippen molar-refractivity contribution in [2.24, 2.45) is 5.73 Å². The third kappa shape index (κ3) is 3.14. The van der Waals surface area contributed by atoms with E-state index in [4.69, 9.17) is 10.2 Å². The number of aliphatic hydroxyl groups is 1. The first-order chi connectivity index (χ1) is 5.90. The first kappa shape index (κ1) is 10.8. The van der Waals surface area contributed by atoms with Crippen molar-refractivity contribution in [3.63, 3.8) is 0 Å². The monoisotopic (exact) mass is 247 g/mol. The minimum absolute atomic E-state index is 0.397. The fraction of sp³-hybridized carbons (Fsp3) is 0.556. The van der Waals surface area contributed by atoms with Crippen LogP contribution in [0.2, 0.25) is 0 Å². The molecule has 1 atom stereocenters. The minimum atomic E-state index is -0.649. The van der Waals surface area contributed by atoms with Crippen LogP contribution >= 0.6 is 15.9 Å². The summed E-state index contributed by atoms with van der Waals surface area (Å²) in [6.07, 6.45) is 1.36. The molecule has 0 fully saturated rings. The van der Waals surface area contributed by atoms with E-state index in [1.807, 2.05) is 13.8 Å². The molecule has 4 heteroatoms. The zero-order chi connectivity index (χ0) is 10.1. The van der Waals surface area contributed by atoms with E-state index >= 15 is 0 Å². The largest absolute Gasteiger partial charge is 0.465 e. The summed E-state index contributed by atoms with van der Waals surface area (Å²) in [5.41, 5.74) is 5.38. The maximum Gasteiger partial charge on any atom is 0.146 e. The molecule has 0 bridgehead atoms. The smallest absolute Gasteiger partial charge is 0.146 e. The summed E-state index contributed by atoms with van der Waals surface area (Å²) in [6.45, 7) is 3.74. The lowest BCUT2D eigenvalue weighted by atomic mass is 9.97. The van der Waals surface area contributed by atoms with Gasteiger partial charge in [-0.2, -0.15) is 0 Å². The molecular formula is C9H14BrNO2. The van der Waals surface area contributed by atoms with Crippen molar-refractivity contribution in [2.45, 2.75) is 31.9 Å². The van der Waals surface area contributed by atoms with Crippen LogP contribution in [-0.4, -0.2) is 10.6 Å². The molecule has 1 rings (SSSR count). The quantitative estimate of drug-likeness (QED) is 0.862. The van der Waals surface area contributed by atoms with Crippen molar-refractivity contribution in [1.82, 2.24) is 0 Å². The molecule has 1 aromatic rings. The fourth-order valence-electron chi connectivity index (χ4n) is 1.13. The van der Waals surface area contributed by atoms with Crippen LogP contribution in [0, 0.1) is 0 Å². The van der Waals surface area contributed by atoms with E-state index in [1.54, 1.807) is 6.07 Å². The van der Waals surface area contributed by atoms with Gasteiger partial charge >= 0.3 is 0 Å². The zero-order valence-corrected chi connectivity index (χ0v) is 9.34. The van der Waals surface area contributed by atoms with Gasteiger partial charge in [0, 0.05) is 5.54 Å². The summed E-state index contributed by atoms with van der Waals surface area (Å²) < 4.78 is 5.90. The molecule has 3 N–H and O–H groups in total. The lowest BCUT2D eigenvalue weighted by molar-refractivity contribution is 0.117. The van der Waals surface area contributed by atoms with E-state index in [2.05, 4.69) is 15.9 Å². The number of furan rings is 1. The molecule has 1 aromatic heterocycles. The Balaban J connectivity index is 2.69. The predicted molar refractivity (Wildman–Crippen MR) is 54.3 cm³/mol. The third-order valence-electron chi connectivity index (χ3n) is 1.67. The number of rotatable bonds is 3. The molecule has 0 aliphatic carbocycles. The number of aliphatic hydroxyl groups excluding tert-OH is 1. The van der Waals surface area contributed by atoms with Crippen LogP contribution in [0.1, 0.15) is 32.1 Å². The van der Waals surface area contributed by atoms with Crippen molar-refractivity contribution in [2.75, 3.05) is 0 Å². The van der Waals surface area contributed by atoms with E-state index < -0.39 is 11.6 Å². The van der Waals surface area contributed by atoms with Crippen molar-refractivity contribution in [3.05, 3.63) is 22.6 Å². The van der Waals surface area contributed by atoms with E-state index in [1.165, 1.54) is 6.26 Å². The topological polar surface area (TPSA) is 59.4 Å². The highest BCUT2D eigenvalue weighted by molar-refractivity contribution is 9.10. The number of hydrogen-bond acceptors (Lipinski definition) is 3. The molecule has 13 heavy (non-hydrogen) atoms. The molecule has 0 saturated heterocycles. The highest BCUT2D eigenvalue weighted by atomic mass is 79.9. The first-order valence-electron chi connectivity index (χ1n) is 4.10. The van der Waals surface area contributed by atoms with Gasteiger partial charge in [-0.3, -0.25) is 0 Å². The van der Waals surface area contributed by atoms with E-state index in [-0.39, 0.29) is 0 Å². The Kier molecular flexibility index (Phi) is 3.16. The second kappa shape index (κ2) is 3.82.